The molecule has 0 heterocycles. The topological polar surface area (TPSA) is 29.1 Å². The second-order valence-electron chi connectivity index (χ2n) is 4.33. The lowest BCUT2D eigenvalue weighted by Gasteiger charge is -2.20. The van der Waals surface area contributed by atoms with Gasteiger partial charge in [0.15, 0.2) is 0 Å². The summed E-state index contributed by atoms with van der Waals surface area (Å²) in [5.74, 6) is -1.04. The maximum atomic E-state index is 13.3. The van der Waals surface area contributed by atoms with Gasteiger partial charge in [-0.2, -0.15) is 0 Å². The summed E-state index contributed by atoms with van der Waals surface area (Å²) in [6, 6.07) is 3.99. The zero-order chi connectivity index (χ0) is 11.6. The Labute approximate surface area is 93.4 Å². The van der Waals surface area contributed by atoms with E-state index in [2.05, 4.69) is 5.32 Å². The third-order valence-electron chi connectivity index (χ3n) is 1.66. The van der Waals surface area contributed by atoms with Crippen LogP contribution >= 0.6 is 11.6 Å². The molecule has 0 atom stereocenters. The Morgan fingerprint density at radius 3 is 2.47 bits per heavy atom. The molecule has 0 aliphatic heterocycles. The number of halogens is 2. The lowest BCUT2D eigenvalue weighted by atomic mass is 10.1. The normalized spacial score (nSPS) is 11.3. The fourth-order valence-electron chi connectivity index (χ4n) is 1.08. The van der Waals surface area contributed by atoms with Gasteiger partial charge in [0.1, 0.15) is 5.82 Å². The van der Waals surface area contributed by atoms with Crippen molar-refractivity contribution in [2.24, 2.45) is 0 Å². The van der Waals surface area contributed by atoms with Crippen molar-refractivity contribution >= 4 is 17.5 Å². The summed E-state index contributed by atoms with van der Waals surface area (Å²) in [5, 5.41) is 2.95. The summed E-state index contributed by atoms with van der Waals surface area (Å²) in [5.41, 5.74) is -0.377. The first-order valence-electron chi connectivity index (χ1n) is 4.57. The number of rotatable bonds is 1. The second kappa shape index (κ2) is 4.19. The third kappa shape index (κ3) is 3.51. The van der Waals surface area contributed by atoms with Gasteiger partial charge in [-0.3, -0.25) is 4.79 Å². The van der Waals surface area contributed by atoms with E-state index in [4.69, 9.17) is 11.6 Å². The first kappa shape index (κ1) is 12.0. The molecule has 2 nitrogen and oxygen atoms in total. The summed E-state index contributed by atoms with van der Waals surface area (Å²) in [6.45, 7) is 5.50. The maximum absolute atomic E-state index is 13.3. The molecule has 0 aromatic heterocycles. The van der Waals surface area contributed by atoms with Gasteiger partial charge in [-0.1, -0.05) is 11.6 Å². The zero-order valence-electron chi connectivity index (χ0n) is 8.90. The van der Waals surface area contributed by atoms with Crippen LogP contribution in [0.5, 0.6) is 0 Å². The molecule has 1 rings (SSSR count). The van der Waals surface area contributed by atoms with Crippen molar-refractivity contribution in [1.29, 1.82) is 0 Å². The molecule has 0 bridgehead atoms. The molecule has 0 saturated heterocycles. The molecule has 0 aliphatic rings. The van der Waals surface area contributed by atoms with Crippen molar-refractivity contribution in [3.8, 4) is 0 Å². The van der Waals surface area contributed by atoms with E-state index in [-0.39, 0.29) is 16.1 Å². The van der Waals surface area contributed by atoms with Gasteiger partial charge in [-0.15, -0.1) is 0 Å². The van der Waals surface area contributed by atoms with Gasteiger partial charge in [0.2, 0.25) is 0 Å². The Hall–Kier alpha value is -1.09. The highest BCUT2D eigenvalue weighted by atomic mass is 35.5. The van der Waals surface area contributed by atoms with Gasteiger partial charge in [0.05, 0.1) is 5.56 Å². The van der Waals surface area contributed by atoms with Crippen molar-refractivity contribution in [1.82, 2.24) is 5.32 Å². The van der Waals surface area contributed by atoms with Gasteiger partial charge < -0.3 is 5.32 Å². The molecule has 0 spiro atoms. The fraction of sp³-hybridized carbons (Fsp3) is 0.364. The molecule has 15 heavy (non-hydrogen) atoms. The highest BCUT2D eigenvalue weighted by Crippen LogP contribution is 2.15. The van der Waals surface area contributed by atoms with Gasteiger partial charge in [0.25, 0.3) is 5.91 Å². The van der Waals surface area contributed by atoms with Crippen LogP contribution in [0.15, 0.2) is 18.2 Å². The zero-order valence-corrected chi connectivity index (χ0v) is 9.65. The predicted molar refractivity (Wildman–Crippen MR) is 58.6 cm³/mol. The Morgan fingerprint density at radius 1 is 1.40 bits per heavy atom. The number of carbonyl (C=O) groups is 1. The Kier molecular flexibility index (Phi) is 3.35. The van der Waals surface area contributed by atoms with E-state index in [1.807, 2.05) is 20.8 Å². The van der Waals surface area contributed by atoms with Crippen molar-refractivity contribution < 1.29 is 9.18 Å². The number of carbonyl (C=O) groups excluding carboxylic acids is 1. The minimum atomic E-state index is -0.607. The summed E-state index contributed by atoms with van der Waals surface area (Å²) in [4.78, 5) is 11.6. The fourth-order valence-corrected chi connectivity index (χ4v) is 1.24. The van der Waals surface area contributed by atoms with Crippen LogP contribution < -0.4 is 5.32 Å². The molecule has 0 radical (unpaired) electrons. The van der Waals surface area contributed by atoms with Crippen molar-refractivity contribution in [2.45, 2.75) is 26.3 Å². The summed E-state index contributed by atoms with van der Waals surface area (Å²) in [6.07, 6.45) is 0. The smallest absolute Gasteiger partial charge is 0.254 e. The van der Waals surface area contributed by atoms with Crippen LogP contribution in [0.3, 0.4) is 0 Å². The number of hydrogen-bond donors (Lipinski definition) is 1. The number of nitrogens with one attached hydrogen (secondary N) is 1. The standard InChI is InChI=1S/C11H13ClFNO/c1-11(2,3)14-10(15)8-5-4-7(12)6-9(8)13/h4-6H,1-3H3,(H,14,15). The molecule has 0 aliphatic carbocycles. The highest BCUT2D eigenvalue weighted by Gasteiger charge is 2.18. The molecule has 1 aromatic rings. The molecular weight excluding hydrogens is 217 g/mol. The van der Waals surface area contributed by atoms with Crippen LogP contribution in [0.2, 0.25) is 5.02 Å². The van der Waals surface area contributed by atoms with E-state index < -0.39 is 11.7 Å². The van der Waals surface area contributed by atoms with E-state index in [1.165, 1.54) is 12.1 Å². The lowest BCUT2D eigenvalue weighted by molar-refractivity contribution is 0.0915. The second-order valence-corrected chi connectivity index (χ2v) is 4.76. The predicted octanol–water partition coefficient (Wildman–Crippen LogP) is 3.01. The number of amides is 1. The Balaban J connectivity index is 2.92. The molecule has 0 fully saturated rings. The van der Waals surface area contributed by atoms with Crippen LogP contribution in [-0.4, -0.2) is 11.4 Å². The van der Waals surface area contributed by atoms with E-state index >= 15 is 0 Å². The molecule has 1 aromatic carbocycles. The van der Waals surface area contributed by atoms with Crippen molar-refractivity contribution in [3.63, 3.8) is 0 Å². The number of hydrogen-bond acceptors (Lipinski definition) is 1. The average Bonchev–Trinajstić information content (AvgIpc) is 1.99. The minimum Gasteiger partial charge on any atom is -0.347 e. The van der Waals surface area contributed by atoms with Crippen LogP contribution in [0.4, 0.5) is 4.39 Å². The Morgan fingerprint density at radius 2 is 2.00 bits per heavy atom. The van der Waals surface area contributed by atoms with Crippen LogP contribution in [0, 0.1) is 5.82 Å². The molecule has 4 heteroatoms. The summed E-state index contributed by atoms with van der Waals surface area (Å²) in [7, 11) is 0. The SMILES string of the molecule is CC(C)(C)NC(=O)c1ccc(Cl)cc1F. The molecular formula is C11H13ClFNO. The maximum Gasteiger partial charge on any atom is 0.254 e. The van der Waals surface area contributed by atoms with Gasteiger partial charge >= 0.3 is 0 Å². The molecule has 82 valence electrons. The first-order chi connectivity index (χ1) is 6.79. The highest BCUT2D eigenvalue weighted by molar-refractivity contribution is 6.30. The summed E-state index contributed by atoms with van der Waals surface area (Å²) < 4.78 is 13.3. The van der Waals surface area contributed by atoms with Crippen molar-refractivity contribution in [3.05, 3.63) is 34.6 Å². The summed E-state index contributed by atoms with van der Waals surface area (Å²) >= 11 is 5.58. The van der Waals surface area contributed by atoms with Crippen molar-refractivity contribution in [2.75, 3.05) is 0 Å². The minimum absolute atomic E-state index is 0.00863. The van der Waals surface area contributed by atoms with Crippen LogP contribution in [0.1, 0.15) is 31.1 Å². The van der Waals surface area contributed by atoms with Crippen LogP contribution in [-0.2, 0) is 0 Å². The first-order valence-corrected chi connectivity index (χ1v) is 4.95. The quantitative estimate of drug-likeness (QED) is 0.788. The van der Waals surface area contributed by atoms with Gasteiger partial charge in [-0.25, -0.2) is 4.39 Å². The average molecular weight is 230 g/mol. The molecule has 0 unspecified atom stereocenters. The number of benzene rings is 1. The van der Waals surface area contributed by atoms with Crippen LogP contribution in [0.25, 0.3) is 0 Å². The van der Waals surface area contributed by atoms with Gasteiger partial charge in [0, 0.05) is 10.6 Å². The molecule has 0 saturated carbocycles. The monoisotopic (exact) mass is 229 g/mol. The van der Waals surface area contributed by atoms with Gasteiger partial charge in [-0.05, 0) is 39.0 Å². The van der Waals surface area contributed by atoms with E-state index in [0.717, 1.165) is 6.07 Å². The molecule has 1 amide bonds. The lowest BCUT2D eigenvalue weighted by Crippen LogP contribution is -2.40. The Bertz CT molecular complexity index is 385. The third-order valence-corrected chi connectivity index (χ3v) is 1.90. The van der Waals surface area contributed by atoms with E-state index in [9.17, 15) is 9.18 Å². The largest absolute Gasteiger partial charge is 0.347 e. The van der Waals surface area contributed by atoms with E-state index in [0.29, 0.717) is 0 Å². The van der Waals surface area contributed by atoms with E-state index in [1.54, 1.807) is 0 Å². The molecule has 1 N–H and O–H groups in total.